The van der Waals surface area contributed by atoms with Gasteiger partial charge < -0.3 is 9.84 Å². The number of unbranched alkanes of at least 4 members (excludes halogenated alkanes) is 10. The van der Waals surface area contributed by atoms with Crippen molar-refractivity contribution in [3.8, 4) is 0 Å². The predicted molar refractivity (Wildman–Crippen MR) is 86.5 cm³/mol. The van der Waals surface area contributed by atoms with Crippen LogP contribution in [-0.4, -0.2) is 23.8 Å². The summed E-state index contributed by atoms with van der Waals surface area (Å²) in [5.41, 5.74) is 0.536. The smallest absolute Gasteiger partial charge is 0.331 e. The largest absolute Gasteiger partial charge is 0.478 e. The quantitative estimate of drug-likeness (QED) is 0.276. The van der Waals surface area contributed by atoms with E-state index >= 15 is 0 Å². The molecule has 0 amide bonds. The summed E-state index contributed by atoms with van der Waals surface area (Å²) in [6, 6.07) is 0. The van der Waals surface area contributed by atoms with E-state index in [4.69, 9.17) is 9.84 Å². The summed E-state index contributed by atoms with van der Waals surface area (Å²) in [6.45, 7) is 2.98. The fourth-order valence-corrected chi connectivity index (χ4v) is 2.60. The number of carboxylic acids is 1. The number of epoxide rings is 1. The van der Waals surface area contributed by atoms with Gasteiger partial charge in [-0.2, -0.15) is 0 Å². The number of hydrogen-bond donors (Lipinski definition) is 1. The van der Waals surface area contributed by atoms with Crippen molar-refractivity contribution in [2.24, 2.45) is 0 Å². The SMILES string of the molecule is CCCCCCCCCCCC/C=C(/CC1CO1)C(=O)O. The first-order valence-corrected chi connectivity index (χ1v) is 8.78. The number of allylic oxidation sites excluding steroid dienone is 1. The molecule has 21 heavy (non-hydrogen) atoms. The zero-order valence-corrected chi connectivity index (χ0v) is 13.6. The molecule has 122 valence electrons. The number of carboxylic acid groups (broad SMARTS) is 1. The molecule has 1 rings (SSSR count). The van der Waals surface area contributed by atoms with Crippen LogP contribution in [-0.2, 0) is 9.53 Å². The Morgan fingerprint density at radius 2 is 1.57 bits per heavy atom. The molecule has 1 saturated heterocycles. The van der Waals surface area contributed by atoms with E-state index in [0.29, 0.717) is 12.0 Å². The number of aliphatic carboxylic acids is 1. The summed E-state index contributed by atoms with van der Waals surface area (Å²) in [6.07, 6.45) is 16.7. The molecule has 3 heteroatoms. The molecule has 0 aromatic heterocycles. The standard InChI is InChI=1S/C18H32O3/c1-2-3-4-5-6-7-8-9-10-11-12-13-16(18(19)20)14-17-15-21-17/h13,17H,2-12,14-15H2,1H3,(H,19,20)/b16-13-. The Morgan fingerprint density at radius 3 is 2.05 bits per heavy atom. The first-order chi connectivity index (χ1) is 10.2. The van der Waals surface area contributed by atoms with Gasteiger partial charge in [-0.05, 0) is 12.8 Å². The van der Waals surface area contributed by atoms with Crippen molar-refractivity contribution in [2.75, 3.05) is 6.61 Å². The van der Waals surface area contributed by atoms with Crippen LogP contribution >= 0.6 is 0 Å². The van der Waals surface area contributed by atoms with Gasteiger partial charge in [0.15, 0.2) is 0 Å². The lowest BCUT2D eigenvalue weighted by Gasteiger charge is -2.02. The van der Waals surface area contributed by atoms with Crippen molar-refractivity contribution in [1.29, 1.82) is 0 Å². The van der Waals surface area contributed by atoms with E-state index in [0.717, 1.165) is 19.4 Å². The molecule has 0 aromatic rings. The van der Waals surface area contributed by atoms with Gasteiger partial charge in [0.1, 0.15) is 0 Å². The molecule has 1 N–H and O–H groups in total. The van der Waals surface area contributed by atoms with Crippen LogP contribution in [0.1, 0.15) is 84.0 Å². The van der Waals surface area contributed by atoms with Crippen LogP contribution in [0.15, 0.2) is 11.6 Å². The molecule has 0 aliphatic carbocycles. The molecule has 1 aliphatic rings. The summed E-state index contributed by atoms with van der Waals surface area (Å²) in [4.78, 5) is 11.1. The maximum Gasteiger partial charge on any atom is 0.331 e. The topological polar surface area (TPSA) is 49.8 Å². The number of carbonyl (C=O) groups is 1. The lowest BCUT2D eigenvalue weighted by Crippen LogP contribution is -2.03. The minimum Gasteiger partial charge on any atom is -0.478 e. The third kappa shape index (κ3) is 10.5. The maximum absolute atomic E-state index is 11.1. The minimum absolute atomic E-state index is 0.167. The van der Waals surface area contributed by atoms with Crippen LogP contribution in [0, 0.1) is 0 Å². The van der Waals surface area contributed by atoms with E-state index in [9.17, 15) is 4.79 Å². The minimum atomic E-state index is -0.780. The zero-order chi connectivity index (χ0) is 15.3. The molecule has 0 spiro atoms. The Labute approximate surface area is 129 Å². The van der Waals surface area contributed by atoms with Gasteiger partial charge >= 0.3 is 5.97 Å². The van der Waals surface area contributed by atoms with Crippen molar-refractivity contribution < 1.29 is 14.6 Å². The molecule has 0 aromatic carbocycles. The van der Waals surface area contributed by atoms with Crippen LogP contribution in [0.4, 0.5) is 0 Å². The Bertz CT molecular complexity index is 306. The van der Waals surface area contributed by atoms with E-state index in [1.165, 1.54) is 57.8 Å². The van der Waals surface area contributed by atoms with Crippen molar-refractivity contribution in [1.82, 2.24) is 0 Å². The van der Waals surface area contributed by atoms with Gasteiger partial charge in [-0.1, -0.05) is 70.8 Å². The van der Waals surface area contributed by atoms with Crippen LogP contribution in [0.25, 0.3) is 0 Å². The average molecular weight is 296 g/mol. The number of hydrogen-bond acceptors (Lipinski definition) is 2. The van der Waals surface area contributed by atoms with E-state index in [-0.39, 0.29) is 6.10 Å². The van der Waals surface area contributed by atoms with Crippen LogP contribution < -0.4 is 0 Å². The third-order valence-electron chi connectivity index (χ3n) is 4.07. The zero-order valence-electron chi connectivity index (χ0n) is 13.6. The lowest BCUT2D eigenvalue weighted by molar-refractivity contribution is -0.132. The molecule has 0 bridgehead atoms. The Morgan fingerprint density at radius 1 is 1.05 bits per heavy atom. The second-order valence-corrected chi connectivity index (χ2v) is 6.16. The second kappa shape index (κ2) is 11.8. The van der Waals surface area contributed by atoms with Gasteiger partial charge in [-0.15, -0.1) is 0 Å². The third-order valence-corrected chi connectivity index (χ3v) is 4.07. The van der Waals surface area contributed by atoms with Crippen LogP contribution in [0.2, 0.25) is 0 Å². The fourth-order valence-electron chi connectivity index (χ4n) is 2.60. The molecule has 1 unspecified atom stereocenters. The number of rotatable bonds is 14. The van der Waals surface area contributed by atoms with Gasteiger partial charge in [-0.25, -0.2) is 4.79 Å². The van der Waals surface area contributed by atoms with Crippen molar-refractivity contribution >= 4 is 5.97 Å². The highest BCUT2D eigenvalue weighted by Gasteiger charge is 2.25. The van der Waals surface area contributed by atoms with Crippen LogP contribution in [0.5, 0.6) is 0 Å². The van der Waals surface area contributed by atoms with Gasteiger partial charge in [0.05, 0.1) is 12.7 Å². The van der Waals surface area contributed by atoms with Crippen LogP contribution in [0.3, 0.4) is 0 Å². The van der Waals surface area contributed by atoms with Gasteiger partial charge in [0.2, 0.25) is 0 Å². The molecular weight excluding hydrogens is 264 g/mol. The van der Waals surface area contributed by atoms with Crippen molar-refractivity contribution in [3.05, 3.63) is 11.6 Å². The molecule has 0 radical (unpaired) electrons. The van der Waals surface area contributed by atoms with E-state index in [1.807, 2.05) is 6.08 Å². The highest BCUT2D eigenvalue weighted by Crippen LogP contribution is 2.20. The molecule has 0 saturated carbocycles. The summed E-state index contributed by atoms with van der Waals surface area (Å²) < 4.78 is 5.09. The normalized spacial score (nSPS) is 18.0. The van der Waals surface area contributed by atoms with E-state index in [1.54, 1.807) is 0 Å². The second-order valence-electron chi connectivity index (χ2n) is 6.16. The first-order valence-electron chi connectivity index (χ1n) is 8.78. The molecule has 1 fully saturated rings. The number of ether oxygens (including phenoxy) is 1. The van der Waals surface area contributed by atoms with E-state index < -0.39 is 5.97 Å². The Hall–Kier alpha value is -0.830. The maximum atomic E-state index is 11.1. The van der Waals surface area contributed by atoms with E-state index in [2.05, 4.69) is 6.92 Å². The van der Waals surface area contributed by atoms with Gasteiger partial charge in [0.25, 0.3) is 0 Å². The fraction of sp³-hybridized carbons (Fsp3) is 0.833. The van der Waals surface area contributed by atoms with Gasteiger partial charge in [0, 0.05) is 12.0 Å². The highest BCUT2D eigenvalue weighted by molar-refractivity contribution is 5.86. The average Bonchev–Trinajstić information content (AvgIpc) is 3.27. The molecule has 1 atom stereocenters. The summed E-state index contributed by atoms with van der Waals surface area (Å²) in [7, 11) is 0. The molecular formula is C18H32O3. The summed E-state index contributed by atoms with van der Waals surface area (Å²) in [5.74, 6) is -0.780. The Kier molecular flexibility index (Phi) is 10.2. The van der Waals surface area contributed by atoms with Crippen molar-refractivity contribution in [2.45, 2.75) is 90.1 Å². The monoisotopic (exact) mass is 296 g/mol. The predicted octanol–water partition coefficient (Wildman–Crippen LogP) is 5.10. The molecule has 1 heterocycles. The summed E-state index contributed by atoms with van der Waals surface area (Å²) in [5, 5.41) is 9.09. The summed E-state index contributed by atoms with van der Waals surface area (Å²) >= 11 is 0. The lowest BCUT2D eigenvalue weighted by atomic mass is 10.0. The molecule has 1 aliphatic heterocycles. The Balaban J connectivity index is 1.91. The van der Waals surface area contributed by atoms with Crippen molar-refractivity contribution in [3.63, 3.8) is 0 Å². The van der Waals surface area contributed by atoms with Gasteiger partial charge in [-0.3, -0.25) is 0 Å². The first kappa shape index (κ1) is 18.2. The highest BCUT2D eigenvalue weighted by atomic mass is 16.6. The molecule has 3 nitrogen and oxygen atoms in total.